The summed E-state index contributed by atoms with van der Waals surface area (Å²) in [6.07, 6.45) is 1.21. The molecule has 35 heavy (non-hydrogen) atoms. The van der Waals surface area contributed by atoms with Gasteiger partial charge >= 0.3 is 0 Å². The third-order valence-corrected chi connectivity index (χ3v) is 5.73. The Labute approximate surface area is 202 Å². The maximum absolute atomic E-state index is 13.8. The van der Waals surface area contributed by atoms with E-state index in [4.69, 9.17) is 16.3 Å². The molecular weight excluding hydrogens is 486 g/mol. The van der Waals surface area contributed by atoms with E-state index in [-0.39, 0.29) is 42.2 Å². The van der Waals surface area contributed by atoms with Gasteiger partial charge in [-0.2, -0.15) is 0 Å². The molecule has 12 heteroatoms. The smallest absolute Gasteiger partial charge is 0.276 e. The van der Waals surface area contributed by atoms with E-state index < -0.39 is 29.7 Å². The van der Waals surface area contributed by atoms with Crippen molar-refractivity contribution in [3.8, 4) is 5.88 Å². The second kappa shape index (κ2) is 9.80. The van der Waals surface area contributed by atoms with Crippen molar-refractivity contribution in [2.45, 2.75) is 20.1 Å². The number of nitrogens with zero attached hydrogens (tertiary/aromatic N) is 4. The Morgan fingerprint density at radius 1 is 1.14 bits per heavy atom. The van der Waals surface area contributed by atoms with Crippen LogP contribution < -0.4 is 20.1 Å². The molecule has 182 valence electrons. The van der Waals surface area contributed by atoms with Gasteiger partial charge in [-0.05, 0) is 29.8 Å². The van der Waals surface area contributed by atoms with Crippen molar-refractivity contribution in [2.24, 2.45) is 0 Å². The number of rotatable bonds is 6. The third kappa shape index (κ3) is 4.86. The third-order valence-electron chi connectivity index (χ3n) is 5.40. The van der Waals surface area contributed by atoms with Crippen LogP contribution in [0.3, 0.4) is 0 Å². The van der Waals surface area contributed by atoms with E-state index in [0.717, 1.165) is 6.07 Å². The van der Waals surface area contributed by atoms with E-state index >= 15 is 0 Å². The fraction of sp³-hybridized carbons (Fsp3) is 0.217. The highest BCUT2D eigenvalue weighted by atomic mass is 35.5. The number of benzene rings is 2. The number of anilines is 2. The largest absolute Gasteiger partial charge is 0.471 e. The number of carbonyl (C=O) groups excluding carboxylic acids is 2. The first-order chi connectivity index (χ1) is 16.7. The highest BCUT2D eigenvalue weighted by molar-refractivity contribution is 6.31. The van der Waals surface area contributed by atoms with Gasteiger partial charge in [-0.1, -0.05) is 17.7 Å². The van der Waals surface area contributed by atoms with Crippen LogP contribution in [0.25, 0.3) is 0 Å². The van der Waals surface area contributed by atoms with Gasteiger partial charge in [0.05, 0.1) is 17.9 Å². The summed E-state index contributed by atoms with van der Waals surface area (Å²) in [5, 5.41) is 8.89. The number of hydrogen-bond donors (Lipinski definition) is 1. The van der Waals surface area contributed by atoms with Gasteiger partial charge in [-0.15, -0.1) is 0 Å². The lowest BCUT2D eigenvalue weighted by atomic mass is 10.1. The van der Waals surface area contributed by atoms with Gasteiger partial charge in [-0.3, -0.25) is 28.8 Å². The van der Waals surface area contributed by atoms with Crippen molar-refractivity contribution in [1.29, 1.82) is 0 Å². The van der Waals surface area contributed by atoms with Crippen molar-refractivity contribution in [1.82, 2.24) is 9.55 Å². The van der Waals surface area contributed by atoms with Crippen LogP contribution in [-0.2, 0) is 22.7 Å². The zero-order valence-corrected chi connectivity index (χ0v) is 19.1. The van der Waals surface area contributed by atoms with Crippen LogP contribution in [0, 0.1) is 11.6 Å². The van der Waals surface area contributed by atoms with Crippen LogP contribution in [0.1, 0.15) is 18.1 Å². The minimum absolute atomic E-state index is 0.0263. The molecule has 1 aliphatic heterocycles. The quantitative estimate of drug-likeness (QED) is 0.553. The highest BCUT2D eigenvalue weighted by Crippen LogP contribution is 2.37. The minimum atomic E-state index is -0.801. The van der Waals surface area contributed by atoms with Crippen molar-refractivity contribution < 1.29 is 28.2 Å². The zero-order chi connectivity index (χ0) is 25.3. The molecule has 0 bridgehead atoms. The molecule has 0 aliphatic carbocycles. The van der Waals surface area contributed by atoms with Crippen molar-refractivity contribution in [3.63, 3.8) is 0 Å². The summed E-state index contributed by atoms with van der Waals surface area (Å²) in [5.41, 5.74) is 0.997. The molecule has 3 aromatic rings. The normalized spacial score (nSPS) is 12.6. The average molecular weight is 505 g/mol. The van der Waals surface area contributed by atoms with Crippen LogP contribution in [0.4, 0.5) is 20.2 Å². The van der Waals surface area contributed by atoms with Gasteiger partial charge in [0.15, 0.2) is 5.02 Å². The first-order valence-electron chi connectivity index (χ1n) is 10.3. The molecule has 0 unspecified atom stereocenters. The van der Waals surface area contributed by atoms with E-state index in [1.165, 1.54) is 33.7 Å². The molecule has 0 fully saturated rings. The SMILES string of the molecule is CC(=O)N1CN(C(=O)CO)c2ccc(Cn3cnc(OCc4ccc(F)cc4F)c(Cl)c3=O)cc21. The molecule has 0 atom stereocenters. The Hall–Kier alpha value is -3.83. The number of ether oxygens (including phenoxy) is 1. The van der Waals surface area contributed by atoms with Crippen molar-refractivity contribution in [2.75, 3.05) is 23.1 Å². The van der Waals surface area contributed by atoms with Gasteiger partial charge in [0, 0.05) is 18.6 Å². The van der Waals surface area contributed by atoms with Crippen molar-refractivity contribution in [3.05, 3.63) is 80.9 Å². The fourth-order valence-electron chi connectivity index (χ4n) is 3.62. The van der Waals surface area contributed by atoms with Crippen LogP contribution >= 0.6 is 11.6 Å². The summed E-state index contributed by atoms with van der Waals surface area (Å²) in [6, 6.07) is 7.96. The minimum Gasteiger partial charge on any atom is -0.471 e. The average Bonchev–Trinajstić information content (AvgIpc) is 3.21. The summed E-state index contributed by atoms with van der Waals surface area (Å²) in [7, 11) is 0. The van der Waals surface area contributed by atoms with E-state index in [9.17, 15) is 28.3 Å². The molecule has 2 aromatic carbocycles. The van der Waals surface area contributed by atoms with Crippen LogP contribution in [0.5, 0.6) is 5.88 Å². The molecule has 0 spiro atoms. The number of hydrogen-bond acceptors (Lipinski definition) is 6. The molecule has 0 saturated heterocycles. The molecule has 2 heterocycles. The number of aliphatic hydroxyl groups is 1. The Morgan fingerprint density at radius 3 is 2.60 bits per heavy atom. The van der Waals surface area contributed by atoms with E-state index in [0.29, 0.717) is 23.0 Å². The first-order valence-corrected chi connectivity index (χ1v) is 10.7. The number of fused-ring (bicyclic) bond motifs is 1. The predicted octanol–water partition coefficient (Wildman–Crippen LogP) is 2.45. The molecule has 2 amide bonds. The lowest BCUT2D eigenvalue weighted by Crippen LogP contribution is -2.38. The summed E-state index contributed by atoms with van der Waals surface area (Å²) >= 11 is 6.13. The molecule has 1 N–H and O–H groups in total. The first kappa shape index (κ1) is 24.3. The predicted molar refractivity (Wildman–Crippen MR) is 122 cm³/mol. The Morgan fingerprint density at radius 2 is 1.91 bits per heavy atom. The number of amides is 2. The summed E-state index contributed by atoms with van der Waals surface area (Å²) in [5.74, 6) is -2.57. The summed E-state index contributed by atoms with van der Waals surface area (Å²) in [6.45, 7) is 0.368. The number of aliphatic hydroxyl groups excluding tert-OH is 1. The van der Waals surface area contributed by atoms with Gasteiger partial charge in [0.2, 0.25) is 11.8 Å². The molecule has 0 saturated carbocycles. The topological polar surface area (TPSA) is 105 Å². The second-order valence-electron chi connectivity index (χ2n) is 7.71. The number of halogens is 3. The van der Waals surface area contributed by atoms with E-state index in [2.05, 4.69) is 4.98 Å². The number of aromatic nitrogens is 2. The van der Waals surface area contributed by atoms with Crippen LogP contribution in [-0.4, -0.2) is 39.7 Å². The van der Waals surface area contributed by atoms with Crippen LogP contribution in [0.15, 0.2) is 47.5 Å². The van der Waals surface area contributed by atoms with Gasteiger partial charge in [0.1, 0.15) is 37.8 Å². The Bertz CT molecular complexity index is 1380. The van der Waals surface area contributed by atoms with Gasteiger partial charge in [-0.25, -0.2) is 13.8 Å². The summed E-state index contributed by atoms with van der Waals surface area (Å²) in [4.78, 5) is 43.5. The maximum atomic E-state index is 13.8. The lowest BCUT2D eigenvalue weighted by Gasteiger charge is -2.16. The Balaban J connectivity index is 1.55. The van der Waals surface area contributed by atoms with E-state index in [1.807, 2.05) is 0 Å². The van der Waals surface area contributed by atoms with Gasteiger partial charge in [0.25, 0.3) is 11.5 Å². The van der Waals surface area contributed by atoms with E-state index in [1.54, 1.807) is 18.2 Å². The van der Waals surface area contributed by atoms with Crippen LogP contribution in [0.2, 0.25) is 5.02 Å². The second-order valence-corrected chi connectivity index (χ2v) is 8.09. The zero-order valence-electron chi connectivity index (χ0n) is 18.4. The van der Waals surface area contributed by atoms with Crippen molar-refractivity contribution >= 4 is 34.8 Å². The summed E-state index contributed by atoms with van der Waals surface area (Å²) < 4.78 is 33.4. The fourth-order valence-corrected chi connectivity index (χ4v) is 3.83. The molecule has 4 rings (SSSR count). The molecule has 1 aliphatic rings. The molecule has 9 nitrogen and oxygen atoms in total. The highest BCUT2D eigenvalue weighted by Gasteiger charge is 2.32. The number of carbonyl (C=O) groups is 2. The van der Waals surface area contributed by atoms with Gasteiger partial charge < -0.3 is 9.84 Å². The molecule has 0 radical (unpaired) electrons. The monoisotopic (exact) mass is 504 g/mol. The lowest BCUT2D eigenvalue weighted by molar-refractivity contribution is -0.121. The Kier molecular flexibility index (Phi) is 6.81. The maximum Gasteiger partial charge on any atom is 0.276 e. The molecular formula is C23H19ClF2N4O5. The molecule has 1 aromatic heterocycles. The standard InChI is InChI=1S/C23H19ClF2N4O5/c1-13(32)29-12-30(20(33)9-31)18-5-2-14(6-19(18)29)8-28-11-27-22(21(24)23(28)34)35-10-15-3-4-16(25)7-17(15)26/h2-7,11,31H,8-10,12H2,1H3.